The van der Waals surface area contributed by atoms with Crippen LogP contribution in [0.25, 0.3) is 0 Å². The molecule has 1 aromatic rings. The van der Waals surface area contributed by atoms with Crippen LogP contribution in [0.5, 0.6) is 0 Å². The Bertz CT molecular complexity index is 542. The van der Waals surface area contributed by atoms with Crippen LogP contribution in [-0.2, 0) is 0 Å². The van der Waals surface area contributed by atoms with E-state index in [4.69, 9.17) is 17.2 Å². The van der Waals surface area contributed by atoms with Gasteiger partial charge in [-0.2, -0.15) is 0 Å². The molecule has 110 valence electrons. The highest BCUT2D eigenvalue weighted by molar-refractivity contribution is 7.19. The molecule has 0 saturated carbocycles. The summed E-state index contributed by atoms with van der Waals surface area (Å²) >= 11 is 1.19. The molecule has 7 nitrogen and oxygen atoms in total. The zero-order valence-electron chi connectivity index (χ0n) is 11.3. The molecule has 20 heavy (non-hydrogen) atoms. The van der Waals surface area contributed by atoms with Crippen LogP contribution < -0.4 is 27.4 Å². The Morgan fingerprint density at radius 2 is 2.20 bits per heavy atom. The molecule has 0 radical (unpaired) electrons. The zero-order chi connectivity index (χ0) is 14.9. The lowest BCUT2D eigenvalue weighted by molar-refractivity contribution is 0.0960. The van der Waals surface area contributed by atoms with Crippen molar-refractivity contribution in [2.75, 3.05) is 30.3 Å². The Hall–Kier alpha value is -1.80. The molecule has 2 amide bonds. The van der Waals surface area contributed by atoms with E-state index in [1.165, 1.54) is 11.3 Å². The van der Waals surface area contributed by atoms with Gasteiger partial charge in [-0.15, -0.1) is 11.3 Å². The lowest BCUT2D eigenvalue weighted by atomic mass is 10.2. The molecule has 1 aliphatic heterocycles. The van der Waals surface area contributed by atoms with Gasteiger partial charge in [0.2, 0.25) is 0 Å². The zero-order valence-corrected chi connectivity index (χ0v) is 12.1. The van der Waals surface area contributed by atoms with Crippen LogP contribution in [0, 0.1) is 0 Å². The van der Waals surface area contributed by atoms with E-state index in [1.54, 1.807) is 0 Å². The molecule has 1 unspecified atom stereocenters. The van der Waals surface area contributed by atoms with Crippen molar-refractivity contribution in [3.05, 3.63) is 10.4 Å². The van der Waals surface area contributed by atoms with Gasteiger partial charge in [-0.1, -0.05) is 0 Å². The van der Waals surface area contributed by atoms with E-state index in [0.29, 0.717) is 23.0 Å². The average Bonchev–Trinajstić information content (AvgIpc) is 2.93. The van der Waals surface area contributed by atoms with Gasteiger partial charge < -0.3 is 27.4 Å². The molecule has 2 rings (SSSR count). The molecule has 8 heteroatoms. The largest absolute Gasteiger partial charge is 0.397 e. The molecule has 0 bridgehead atoms. The van der Waals surface area contributed by atoms with Crippen LogP contribution >= 0.6 is 11.3 Å². The Labute approximate surface area is 121 Å². The summed E-state index contributed by atoms with van der Waals surface area (Å²) in [5.41, 5.74) is 17.6. The number of nitrogen functional groups attached to an aromatic ring is 1. The second-order valence-corrected chi connectivity index (χ2v) is 5.74. The number of primary amides is 1. The summed E-state index contributed by atoms with van der Waals surface area (Å²) in [6.07, 6.45) is 0.840. The molecule has 2 heterocycles. The van der Waals surface area contributed by atoms with E-state index in [9.17, 15) is 9.59 Å². The van der Waals surface area contributed by atoms with Gasteiger partial charge in [0, 0.05) is 25.7 Å². The molecule has 1 saturated heterocycles. The van der Waals surface area contributed by atoms with E-state index in [-0.39, 0.29) is 23.2 Å². The number of carbonyl (C=O) groups is 2. The first-order valence-corrected chi connectivity index (χ1v) is 7.28. The van der Waals surface area contributed by atoms with E-state index in [2.05, 4.69) is 5.32 Å². The van der Waals surface area contributed by atoms with Crippen LogP contribution in [-0.4, -0.2) is 37.5 Å². The van der Waals surface area contributed by atoms with E-state index >= 15 is 0 Å². The van der Waals surface area contributed by atoms with Crippen molar-refractivity contribution in [2.24, 2.45) is 11.5 Å². The summed E-state index contributed by atoms with van der Waals surface area (Å²) in [4.78, 5) is 25.9. The summed E-state index contributed by atoms with van der Waals surface area (Å²) in [7, 11) is 0. The maximum Gasteiger partial charge on any atom is 0.263 e. The number of nitrogens with two attached hydrogens (primary N) is 3. The van der Waals surface area contributed by atoms with Crippen molar-refractivity contribution >= 4 is 33.8 Å². The first kappa shape index (κ1) is 14.6. The van der Waals surface area contributed by atoms with E-state index in [1.807, 2.05) is 11.8 Å². The fraction of sp³-hybridized carbons (Fsp3) is 0.500. The third-order valence-corrected chi connectivity index (χ3v) is 4.49. The maximum atomic E-state index is 12.0. The summed E-state index contributed by atoms with van der Waals surface area (Å²) in [5.74, 6) is -0.906. The molecular weight excluding hydrogens is 278 g/mol. The SMILES string of the molecule is CCNC(=O)c1sc(N2CCC(N)C2)c(C(N)=O)c1N. The van der Waals surface area contributed by atoms with Gasteiger partial charge in [0.15, 0.2) is 0 Å². The monoisotopic (exact) mass is 297 g/mol. The first-order chi connectivity index (χ1) is 9.45. The van der Waals surface area contributed by atoms with E-state index in [0.717, 1.165) is 13.0 Å². The van der Waals surface area contributed by atoms with Crippen LogP contribution in [0.2, 0.25) is 0 Å². The average molecular weight is 297 g/mol. The molecule has 0 spiro atoms. The minimum Gasteiger partial charge on any atom is -0.397 e. The lowest BCUT2D eigenvalue weighted by Crippen LogP contribution is -2.27. The molecule has 1 aliphatic rings. The van der Waals surface area contributed by atoms with Crippen molar-refractivity contribution in [2.45, 2.75) is 19.4 Å². The highest BCUT2D eigenvalue weighted by atomic mass is 32.1. The number of carbonyl (C=O) groups excluding carboxylic acids is 2. The Morgan fingerprint density at radius 1 is 1.50 bits per heavy atom. The van der Waals surface area contributed by atoms with Gasteiger partial charge in [-0.25, -0.2) is 0 Å². The molecule has 1 aromatic heterocycles. The maximum absolute atomic E-state index is 12.0. The van der Waals surface area contributed by atoms with Crippen LogP contribution in [0.1, 0.15) is 33.4 Å². The molecule has 0 aromatic carbocycles. The van der Waals surface area contributed by atoms with Crippen LogP contribution in [0.15, 0.2) is 0 Å². The topological polar surface area (TPSA) is 127 Å². The molecular formula is C12H19N5O2S. The summed E-state index contributed by atoms with van der Waals surface area (Å²) in [5, 5.41) is 3.32. The van der Waals surface area contributed by atoms with Gasteiger partial charge in [0.1, 0.15) is 9.88 Å². The number of nitrogens with one attached hydrogen (secondary N) is 1. The predicted octanol–water partition coefficient (Wildman–Crippen LogP) is -0.284. The molecule has 7 N–H and O–H groups in total. The minimum absolute atomic E-state index is 0.0620. The molecule has 0 aliphatic carbocycles. The van der Waals surface area contributed by atoms with Gasteiger partial charge in [-0.3, -0.25) is 9.59 Å². The van der Waals surface area contributed by atoms with Crippen molar-refractivity contribution < 1.29 is 9.59 Å². The van der Waals surface area contributed by atoms with Crippen molar-refractivity contribution in [3.63, 3.8) is 0 Å². The molecule has 1 fully saturated rings. The number of hydrogen-bond acceptors (Lipinski definition) is 6. The second kappa shape index (κ2) is 5.68. The quantitative estimate of drug-likeness (QED) is 0.607. The van der Waals surface area contributed by atoms with Gasteiger partial charge in [0.25, 0.3) is 11.8 Å². The number of rotatable bonds is 4. The van der Waals surface area contributed by atoms with E-state index < -0.39 is 5.91 Å². The standard InChI is InChI=1S/C12H19N5O2S/c1-2-16-11(19)9-8(14)7(10(15)18)12(20-9)17-4-3-6(13)5-17/h6H,2-5,13-14H2,1H3,(H2,15,18)(H,16,19). The third kappa shape index (κ3) is 2.56. The number of anilines is 2. The Kier molecular flexibility index (Phi) is 4.15. The van der Waals surface area contributed by atoms with Crippen LogP contribution in [0.3, 0.4) is 0 Å². The normalized spacial score (nSPS) is 18.3. The van der Waals surface area contributed by atoms with Crippen LogP contribution in [0.4, 0.5) is 10.7 Å². The van der Waals surface area contributed by atoms with Crippen molar-refractivity contribution in [3.8, 4) is 0 Å². The predicted molar refractivity (Wildman–Crippen MR) is 80.1 cm³/mol. The summed E-state index contributed by atoms with van der Waals surface area (Å²) < 4.78 is 0. The second-order valence-electron chi connectivity index (χ2n) is 4.74. The van der Waals surface area contributed by atoms with Crippen molar-refractivity contribution in [1.29, 1.82) is 0 Å². The van der Waals surface area contributed by atoms with Gasteiger partial charge in [-0.05, 0) is 13.3 Å². The smallest absolute Gasteiger partial charge is 0.263 e. The Morgan fingerprint density at radius 3 is 2.70 bits per heavy atom. The highest BCUT2D eigenvalue weighted by Gasteiger charge is 2.30. The van der Waals surface area contributed by atoms with Crippen molar-refractivity contribution in [1.82, 2.24) is 5.32 Å². The number of thiophene rings is 1. The minimum atomic E-state index is -0.621. The lowest BCUT2D eigenvalue weighted by Gasteiger charge is -2.16. The highest BCUT2D eigenvalue weighted by Crippen LogP contribution is 2.39. The fourth-order valence-electron chi connectivity index (χ4n) is 2.27. The summed E-state index contributed by atoms with van der Waals surface area (Å²) in [6, 6.07) is 0.0620. The third-order valence-electron chi connectivity index (χ3n) is 3.23. The van der Waals surface area contributed by atoms with Gasteiger partial charge in [0.05, 0.1) is 11.3 Å². The number of amides is 2. The number of nitrogens with zero attached hydrogens (tertiary/aromatic N) is 1. The molecule has 1 atom stereocenters. The fourth-order valence-corrected chi connectivity index (χ4v) is 3.45. The van der Waals surface area contributed by atoms with Gasteiger partial charge >= 0.3 is 0 Å². The summed E-state index contributed by atoms with van der Waals surface area (Å²) in [6.45, 7) is 3.68. The Balaban J connectivity index is 2.42. The first-order valence-electron chi connectivity index (χ1n) is 6.46. The number of hydrogen-bond donors (Lipinski definition) is 4.